The summed E-state index contributed by atoms with van der Waals surface area (Å²) in [7, 11) is 1.41. The molecule has 0 atom stereocenters. The molecular weight excluding hydrogens is 249 g/mol. The molecule has 4 aliphatic rings. The number of hydrogen-bond donors (Lipinski definition) is 0. The van der Waals surface area contributed by atoms with Crippen LogP contribution in [-0.2, 0) is 5.54 Å². The second-order valence-corrected chi connectivity index (χ2v) is 8.22. The molecule has 0 N–H and O–H groups in total. The molecule has 0 saturated heterocycles. The lowest BCUT2D eigenvalue weighted by Gasteiger charge is -2.57. The minimum absolute atomic E-state index is 0.494. The van der Waals surface area contributed by atoms with Crippen molar-refractivity contribution >= 4 is 18.8 Å². The Morgan fingerprint density at radius 3 is 2.26 bits per heavy atom. The van der Waals surface area contributed by atoms with Crippen molar-refractivity contribution in [2.75, 3.05) is 0 Å². The Morgan fingerprint density at radius 1 is 0.947 bits per heavy atom. The van der Waals surface area contributed by atoms with Gasteiger partial charge in [0.2, 0.25) is 0 Å². The Balaban J connectivity index is 1.69. The molecule has 98 valence electrons. The van der Waals surface area contributed by atoms with Gasteiger partial charge in [0.15, 0.2) is 0 Å². The molecule has 0 amide bonds. The minimum atomic E-state index is 0.494. The first-order valence-electron chi connectivity index (χ1n) is 7.75. The maximum atomic E-state index is 2.70. The molecule has 2 aromatic rings. The van der Waals surface area contributed by atoms with Crippen LogP contribution in [0.15, 0.2) is 30.2 Å². The van der Waals surface area contributed by atoms with Crippen LogP contribution in [0.1, 0.15) is 38.5 Å². The Labute approximate surface area is 116 Å². The summed E-state index contributed by atoms with van der Waals surface area (Å²) in [4.78, 5) is 0. The van der Waals surface area contributed by atoms with Crippen LogP contribution in [0.25, 0.3) is 10.6 Å². The van der Waals surface area contributed by atoms with Crippen LogP contribution in [0.2, 0.25) is 0 Å². The SMILES string of the molecule is c1ccc2c(c1)pcn2C12CC3CC(CC(C3)C1)C2. The van der Waals surface area contributed by atoms with E-state index in [0.717, 1.165) is 17.8 Å². The lowest BCUT2D eigenvalue weighted by atomic mass is 9.53. The Morgan fingerprint density at radius 2 is 1.58 bits per heavy atom. The number of fused-ring (bicyclic) bond motifs is 1. The molecule has 0 radical (unpaired) electrons. The number of rotatable bonds is 1. The molecule has 0 spiro atoms. The fourth-order valence-electron chi connectivity index (χ4n) is 5.70. The van der Waals surface area contributed by atoms with E-state index in [1.165, 1.54) is 57.4 Å². The van der Waals surface area contributed by atoms with E-state index in [-0.39, 0.29) is 0 Å². The standard InChI is InChI=1S/C17H20NP/c1-2-4-16-15(3-1)18(11-19-16)17-8-12-5-13(9-17)7-14(6-12)10-17/h1-4,11-14H,5-10H2. The first-order chi connectivity index (χ1) is 9.32. The first kappa shape index (κ1) is 10.9. The van der Waals surface area contributed by atoms with Crippen LogP contribution < -0.4 is 0 Å². The Bertz CT molecular complexity index is 606. The highest BCUT2D eigenvalue weighted by molar-refractivity contribution is 7.36. The number of nitrogens with zero attached hydrogens (tertiary/aromatic N) is 1. The van der Waals surface area contributed by atoms with E-state index in [4.69, 9.17) is 0 Å². The summed E-state index contributed by atoms with van der Waals surface area (Å²) in [6.07, 6.45) is 8.98. The predicted molar refractivity (Wildman–Crippen MR) is 80.6 cm³/mol. The zero-order valence-electron chi connectivity index (χ0n) is 11.3. The van der Waals surface area contributed by atoms with Crippen LogP contribution in [0.3, 0.4) is 0 Å². The van der Waals surface area contributed by atoms with Crippen molar-refractivity contribution in [1.29, 1.82) is 0 Å². The largest absolute Gasteiger partial charge is 0.337 e. The van der Waals surface area contributed by atoms with Crippen molar-refractivity contribution in [1.82, 2.24) is 4.57 Å². The topological polar surface area (TPSA) is 4.93 Å². The first-order valence-corrected chi connectivity index (χ1v) is 8.71. The van der Waals surface area contributed by atoms with Crippen molar-refractivity contribution in [3.05, 3.63) is 30.2 Å². The minimum Gasteiger partial charge on any atom is -0.337 e. The quantitative estimate of drug-likeness (QED) is 0.675. The maximum Gasteiger partial charge on any atom is 0.0534 e. The molecule has 4 aliphatic carbocycles. The van der Waals surface area contributed by atoms with E-state index in [1.54, 1.807) is 0 Å². The third-order valence-electron chi connectivity index (χ3n) is 5.97. The number of hydrogen-bond acceptors (Lipinski definition) is 0. The van der Waals surface area contributed by atoms with Gasteiger partial charge in [0.1, 0.15) is 0 Å². The van der Waals surface area contributed by atoms with Gasteiger partial charge in [-0.3, -0.25) is 0 Å². The summed E-state index contributed by atoms with van der Waals surface area (Å²) in [5.74, 6) is 5.56. The molecule has 1 aromatic heterocycles. The Hall–Kier alpha value is -0.810. The van der Waals surface area contributed by atoms with Gasteiger partial charge in [0.25, 0.3) is 0 Å². The molecule has 1 nitrogen and oxygen atoms in total. The van der Waals surface area contributed by atoms with Gasteiger partial charge in [-0.2, -0.15) is 0 Å². The lowest BCUT2D eigenvalue weighted by molar-refractivity contribution is -0.0405. The molecular formula is C17H20NP. The number of benzene rings is 1. The van der Waals surface area contributed by atoms with E-state index in [9.17, 15) is 0 Å². The summed E-state index contributed by atoms with van der Waals surface area (Å²) in [6.45, 7) is 0. The van der Waals surface area contributed by atoms with Gasteiger partial charge in [0, 0.05) is 16.6 Å². The van der Waals surface area contributed by atoms with Crippen LogP contribution in [0, 0.1) is 17.8 Å². The zero-order chi connectivity index (χ0) is 12.4. The molecule has 4 bridgehead atoms. The van der Waals surface area contributed by atoms with Crippen LogP contribution in [-0.4, -0.2) is 4.57 Å². The number of aromatic nitrogens is 1. The second kappa shape index (κ2) is 3.64. The summed E-state index contributed by atoms with van der Waals surface area (Å²) in [6, 6.07) is 9.03. The summed E-state index contributed by atoms with van der Waals surface area (Å²) < 4.78 is 2.70. The fraction of sp³-hybridized carbons (Fsp3) is 0.588. The van der Waals surface area contributed by atoms with E-state index in [0.29, 0.717) is 5.54 Å². The van der Waals surface area contributed by atoms with Crippen LogP contribution >= 0.6 is 8.19 Å². The van der Waals surface area contributed by atoms with E-state index in [2.05, 4.69) is 34.8 Å². The zero-order valence-corrected chi connectivity index (χ0v) is 12.2. The predicted octanol–water partition coefficient (Wildman–Crippen LogP) is 5.15. The molecule has 19 heavy (non-hydrogen) atoms. The van der Waals surface area contributed by atoms with Gasteiger partial charge >= 0.3 is 0 Å². The van der Waals surface area contributed by atoms with E-state index >= 15 is 0 Å². The third-order valence-corrected chi connectivity index (χ3v) is 6.97. The molecule has 6 rings (SSSR count). The van der Waals surface area contributed by atoms with Crippen molar-refractivity contribution in [3.8, 4) is 0 Å². The van der Waals surface area contributed by atoms with Gasteiger partial charge in [-0.05, 0) is 76.6 Å². The highest BCUT2D eigenvalue weighted by atomic mass is 31.0. The summed E-state index contributed by atoms with van der Waals surface area (Å²) >= 11 is 0. The second-order valence-electron chi connectivity index (χ2n) is 7.25. The average molecular weight is 269 g/mol. The summed E-state index contributed by atoms with van der Waals surface area (Å²) in [5, 5.41) is 1.51. The van der Waals surface area contributed by atoms with Crippen molar-refractivity contribution in [2.45, 2.75) is 44.1 Å². The van der Waals surface area contributed by atoms with Crippen LogP contribution in [0.5, 0.6) is 0 Å². The van der Waals surface area contributed by atoms with Gasteiger partial charge < -0.3 is 4.57 Å². The summed E-state index contributed by atoms with van der Waals surface area (Å²) in [5.41, 5.74) is 2.00. The highest BCUT2D eigenvalue weighted by Gasteiger charge is 2.51. The number of para-hydroxylation sites is 1. The normalized spacial score (nSPS) is 40.5. The fourth-order valence-corrected chi connectivity index (χ4v) is 6.79. The smallest absolute Gasteiger partial charge is 0.0534 e. The van der Waals surface area contributed by atoms with Gasteiger partial charge in [-0.15, -0.1) is 0 Å². The average Bonchev–Trinajstić information content (AvgIpc) is 2.81. The molecule has 1 heterocycles. The lowest BCUT2D eigenvalue weighted by Crippen LogP contribution is -2.51. The van der Waals surface area contributed by atoms with E-state index < -0.39 is 0 Å². The highest BCUT2D eigenvalue weighted by Crippen LogP contribution is 2.59. The third kappa shape index (κ3) is 1.46. The van der Waals surface area contributed by atoms with E-state index in [1.807, 2.05) is 0 Å². The van der Waals surface area contributed by atoms with Crippen LogP contribution in [0.4, 0.5) is 0 Å². The molecule has 0 unspecified atom stereocenters. The molecule has 2 heteroatoms. The van der Waals surface area contributed by atoms with Crippen molar-refractivity contribution in [3.63, 3.8) is 0 Å². The Kier molecular flexibility index (Phi) is 2.09. The molecule has 4 saturated carbocycles. The van der Waals surface area contributed by atoms with Gasteiger partial charge in [-0.1, -0.05) is 12.1 Å². The molecule has 0 aliphatic heterocycles. The van der Waals surface area contributed by atoms with Gasteiger partial charge in [-0.25, -0.2) is 0 Å². The molecule has 1 aromatic carbocycles. The van der Waals surface area contributed by atoms with Gasteiger partial charge in [0.05, 0.1) is 5.52 Å². The van der Waals surface area contributed by atoms with Crippen molar-refractivity contribution < 1.29 is 0 Å². The molecule has 4 fully saturated rings. The monoisotopic (exact) mass is 269 g/mol. The maximum absolute atomic E-state index is 2.70. The van der Waals surface area contributed by atoms with Crippen molar-refractivity contribution in [2.24, 2.45) is 17.8 Å².